The molecular weight excluding hydrogens is 342 g/mol. The van der Waals surface area contributed by atoms with E-state index < -0.39 is 0 Å². The molecule has 2 aromatic rings. The van der Waals surface area contributed by atoms with Crippen LogP contribution in [0.1, 0.15) is 60.8 Å². The van der Waals surface area contributed by atoms with Gasteiger partial charge in [-0.1, -0.05) is 19.8 Å². The van der Waals surface area contributed by atoms with Crippen LogP contribution in [0.4, 0.5) is 0 Å². The normalized spacial score (nSPS) is 15.5. The van der Waals surface area contributed by atoms with E-state index in [1.54, 1.807) is 11.3 Å². The summed E-state index contributed by atoms with van der Waals surface area (Å²) in [6.45, 7) is 8.66. The summed E-state index contributed by atoms with van der Waals surface area (Å²) in [4.78, 5) is 14.8. The van der Waals surface area contributed by atoms with Crippen LogP contribution in [0.15, 0.2) is 16.8 Å². The molecule has 0 unspecified atom stereocenters. The lowest BCUT2D eigenvalue weighted by atomic mass is 10.00. The van der Waals surface area contributed by atoms with E-state index in [1.165, 1.54) is 38.0 Å². The SMILES string of the molecule is CCCCc1c(-c2ccsc2)c(C(N)=O)c(C)n1CCN1CCCCC1. The summed E-state index contributed by atoms with van der Waals surface area (Å²) in [5.74, 6) is -0.307. The van der Waals surface area contributed by atoms with E-state index in [-0.39, 0.29) is 5.91 Å². The maximum Gasteiger partial charge on any atom is 0.251 e. The van der Waals surface area contributed by atoms with E-state index in [1.807, 2.05) is 0 Å². The fourth-order valence-electron chi connectivity index (χ4n) is 4.15. The van der Waals surface area contributed by atoms with Gasteiger partial charge in [-0.3, -0.25) is 4.79 Å². The number of piperidine rings is 1. The van der Waals surface area contributed by atoms with Crippen molar-refractivity contribution in [3.63, 3.8) is 0 Å². The molecule has 0 atom stereocenters. The minimum atomic E-state index is -0.307. The third-order valence-corrected chi connectivity index (χ3v) is 6.23. The molecule has 1 aliphatic heterocycles. The van der Waals surface area contributed by atoms with E-state index in [4.69, 9.17) is 5.73 Å². The number of nitrogens with two attached hydrogens (primary N) is 1. The lowest BCUT2D eigenvalue weighted by molar-refractivity contribution is 0.1000. The summed E-state index contributed by atoms with van der Waals surface area (Å²) >= 11 is 1.67. The Bertz CT molecular complexity index is 727. The van der Waals surface area contributed by atoms with Crippen molar-refractivity contribution in [1.29, 1.82) is 0 Å². The van der Waals surface area contributed by atoms with Crippen LogP contribution in [0, 0.1) is 6.92 Å². The summed E-state index contributed by atoms with van der Waals surface area (Å²) in [5, 5.41) is 4.20. The fourth-order valence-corrected chi connectivity index (χ4v) is 4.79. The van der Waals surface area contributed by atoms with Crippen molar-refractivity contribution >= 4 is 17.2 Å². The molecule has 5 heteroatoms. The Morgan fingerprint density at radius 1 is 1.23 bits per heavy atom. The second kappa shape index (κ2) is 8.87. The zero-order valence-electron chi connectivity index (χ0n) is 16.1. The molecule has 0 aromatic carbocycles. The second-order valence-corrected chi connectivity index (χ2v) is 8.10. The minimum Gasteiger partial charge on any atom is -0.366 e. The van der Waals surface area contributed by atoms with Gasteiger partial charge in [-0.05, 0) is 68.1 Å². The number of hydrogen-bond acceptors (Lipinski definition) is 3. The smallest absolute Gasteiger partial charge is 0.251 e. The average molecular weight is 374 g/mol. The van der Waals surface area contributed by atoms with Gasteiger partial charge >= 0.3 is 0 Å². The van der Waals surface area contributed by atoms with Gasteiger partial charge in [0.05, 0.1) is 5.56 Å². The van der Waals surface area contributed by atoms with Crippen molar-refractivity contribution < 1.29 is 4.79 Å². The van der Waals surface area contributed by atoms with E-state index >= 15 is 0 Å². The summed E-state index contributed by atoms with van der Waals surface area (Å²) in [5.41, 5.74) is 11.0. The first-order chi connectivity index (χ1) is 12.6. The van der Waals surface area contributed by atoms with Crippen molar-refractivity contribution in [3.8, 4) is 11.1 Å². The molecule has 0 aliphatic carbocycles. The highest BCUT2D eigenvalue weighted by molar-refractivity contribution is 7.08. The number of thiophene rings is 1. The first kappa shape index (κ1) is 19.2. The molecule has 26 heavy (non-hydrogen) atoms. The number of rotatable bonds is 8. The molecular formula is C21H31N3OS. The molecule has 142 valence electrons. The third-order valence-electron chi connectivity index (χ3n) is 5.54. The Balaban J connectivity index is 1.98. The highest BCUT2D eigenvalue weighted by Gasteiger charge is 2.25. The van der Waals surface area contributed by atoms with Gasteiger partial charge in [0.15, 0.2) is 0 Å². The Morgan fingerprint density at radius 3 is 2.62 bits per heavy atom. The lowest BCUT2D eigenvalue weighted by Crippen LogP contribution is -2.33. The largest absolute Gasteiger partial charge is 0.366 e. The minimum absolute atomic E-state index is 0.307. The first-order valence-electron chi connectivity index (χ1n) is 9.90. The maximum absolute atomic E-state index is 12.3. The monoisotopic (exact) mass is 373 g/mol. The molecule has 0 bridgehead atoms. The standard InChI is InChI=1S/C21H31N3OS/c1-3-4-8-18-20(17-9-14-26-15-17)19(21(22)25)16(2)24(18)13-12-23-10-6-5-7-11-23/h9,14-15H,3-8,10-13H2,1-2H3,(H2,22,25). The van der Waals surface area contributed by atoms with Crippen molar-refractivity contribution in [2.24, 2.45) is 5.73 Å². The molecule has 0 radical (unpaired) electrons. The van der Waals surface area contributed by atoms with E-state index in [0.29, 0.717) is 5.56 Å². The molecule has 1 amide bonds. The third kappa shape index (κ3) is 4.04. The quantitative estimate of drug-likeness (QED) is 0.743. The van der Waals surface area contributed by atoms with E-state index in [2.05, 4.69) is 40.1 Å². The number of likely N-dealkylation sites (tertiary alicyclic amines) is 1. The highest BCUT2D eigenvalue weighted by atomic mass is 32.1. The van der Waals surface area contributed by atoms with Gasteiger partial charge in [-0.2, -0.15) is 11.3 Å². The van der Waals surface area contributed by atoms with Crippen LogP contribution in [0.3, 0.4) is 0 Å². The number of amides is 1. The first-order valence-corrected chi connectivity index (χ1v) is 10.8. The van der Waals surface area contributed by atoms with Gasteiger partial charge in [-0.15, -0.1) is 0 Å². The molecule has 1 aliphatic rings. The zero-order valence-corrected chi connectivity index (χ0v) is 16.9. The summed E-state index contributed by atoms with van der Waals surface area (Å²) in [7, 11) is 0. The summed E-state index contributed by atoms with van der Waals surface area (Å²) in [6, 6.07) is 2.11. The van der Waals surface area contributed by atoms with Gasteiger partial charge < -0.3 is 15.2 Å². The van der Waals surface area contributed by atoms with Crippen LogP contribution in [0.25, 0.3) is 11.1 Å². The van der Waals surface area contributed by atoms with Gasteiger partial charge in [-0.25, -0.2) is 0 Å². The van der Waals surface area contributed by atoms with Crippen molar-refractivity contribution in [2.45, 2.75) is 58.9 Å². The number of carbonyl (C=O) groups is 1. The fraction of sp³-hybridized carbons (Fsp3) is 0.571. The highest BCUT2D eigenvalue weighted by Crippen LogP contribution is 2.35. The van der Waals surface area contributed by atoms with Crippen LogP contribution >= 0.6 is 11.3 Å². The van der Waals surface area contributed by atoms with E-state index in [9.17, 15) is 4.79 Å². The molecule has 0 spiro atoms. The number of primary amides is 1. The Morgan fingerprint density at radius 2 is 2.00 bits per heavy atom. The molecule has 1 fully saturated rings. The van der Waals surface area contributed by atoms with Crippen LogP contribution in [-0.4, -0.2) is 35.0 Å². The predicted molar refractivity (Wildman–Crippen MR) is 110 cm³/mol. The molecule has 2 N–H and O–H groups in total. The molecule has 1 saturated heterocycles. The van der Waals surface area contributed by atoms with Crippen molar-refractivity contribution in [1.82, 2.24) is 9.47 Å². The molecule has 3 rings (SSSR count). The molecule has 3 heterocycles. The topological polar surface area (TPSA) is 51.3 Å². The van der Waals surface area contributed by atoms with Crippen molar-refractivity contribution in [2.75, 3.05) is 19.6 Å². The van der Waals surface area contributed by atoms with Crippen LogP contribution in [-0.2, 0) is 13.0 Å². The summed E-state index contributed by atoms with van der Waals surface area (Å²) < 4.78 is 2.37. The predicted octanol–water partition coefficient (Wildman–Crippen LogP) is 4.45. The molecule has 4 nitrogen and oxygen atoms in total. The lowest BCUT2D eigenvalue weighted by Gasteiger charge is -2.27. The Kier molecular flexibility index (Phi) is 6.54. The summed E-state index contributed by atoms with van der Waals surface area (Å²) in [6.07, 6.45) is 7.23. The number of aromatic nitrogens is 1. The second-order valence-electron chi connectivity index (χ2n) is 7.32. The van der Waals surface area contributed by atoms with Crippen LogP contribution in [0.5, 0.6) is 0 Å². The van der Waals surface area contributed by atoms with Gasteiger partial charge in [0.25, 0.3) is 5.91 Å². The molecule has 2 aromatic heterocycles. The van der Waals surface area contributed by atoms with E-state index in [0.717, 1.165) is 49.2 Å². The molecule has 0 saturated carbocycles. The number of carbonyl (C=O) groups excluding carboxylic acids is 1. The average Bonchev–Trinajstić information content (AvgIpc) is 3.25. The van der Waals surface area contributed by atoms with Crippen molar-refractivity contribution in [3.05, 3.63) is 33.8 Å². The maximum atomic E-state index is 12.3. The van der Waals surface area contributed by atoms with Crippen LogP contribution in [0.2, 0.25) is 0 Å². The number of hydrogen-bond donors (Lipinski definition) is 1. The zero-order chi connectivity index (χ0) is 18.5. The van der Waals surface area contributed by atoms with Gasteiger partial charge in [0, 0.05) is 30.0 Å². The van der Waals surface area contributed by atoms with Gasteiger partial charge in [0.2, 0.25) is 0 Å². The number of unbranched alkanes of at least 4 members (excludes halogenated alkanes) is 1. The number of nitrogens with zero attached hydrogens (tertiary/aromatic N) is 2. The van der Waals surface area contributed by atoms with Crippen LogP contribution < -0.4 is 5.73 Å². The van der Waals surface area contributed by atoms with Gasteiger partial charge in [0.1, 0.15) is 0 Å². The Labute approximate surface area is 161 Å². The Hall–Kier alpha value is -1.59.